The van der Waals surface area contributed by atoms with Crippen LogP contribution in [0.1, 0.15) is 12.5 Å². The molecule has 16 nitrogen and oxygen atoms in total. The normalized spacial score (nSPS) is 15.3. The Bertz CT molecular complexity index is 2670. The molecule has 19 heteroatoms. The molecule has 1 heterocycles. The number of amides is 1. The Morgan fingerprint density at radius 2 is 1.28 bits per heavy atom. The van der Waals surface area contributed by atoms with E-state index in [-0.39, 0.29) is 32.6 Å². The van der Waals surface area contributed by atoms with Gasteiger partial charge in [-0.05, 0) is 110 Å². The van der Waals surface area contributed by atoms with Gasteiger partial charge in [-0.2, -0.15) is 42.3 Å². The van der Waals surface area contributed by atoms with Crippen LogP contribution in [0.3, 0.4) is 0 Å². The van der Waals surface area contributed by atoms with Crippen LogP contribution in [0.25, 0.3) is 11.1 Å². The van der Waals surface area contributed by atoms with Crippen LogP contribution in [0.15, 0.2) is 156 Å². The highest BCUT2D eigenvalue weighted by Crippen LogP contribution is 2.33. The smallest absolute Gasteiger partial charge is 0.339 e. The fourth-order valence-corrected chi connectivity index (χ4v) is 7.06. The van der Waals surface area contributed by atoms with E-state index in [1.54, 1.807) is 49.4 Å². The highest BCUT2D eigenvalue weighted by molar-refractivity contribution is 7.87. The zero-order valence-electron chi connectivity index (χ0n) is 28.1. The molecule has 5 aromatic carbocycles. The summed E-state index contributed by atoms with van der Waals surface area (Å²) in [7, 11) is -13.5. The van der Waals surface area contributed by atoms with Crippen molar-refractivity contribution in [2.24, 2.45) is 25.6 Å². The first-order valence-corrected chi connectivity index (χ1v) is 19.8. The summed E-state index contributed by atoms with van der Waals surface area (Å²) in [5.74, 6) is -0.521. The maximum Gasteiger partial charge on any atom is 0.339 e. The maximum atomic E-state index is 13.0. The maximum absolute atomic E-state index is 13.0. The lowest BCUT2D eigenvalue weighted by Gasteiger charge is -2.12. The molecular weight excluding hydrogens is 761 g/mol. The van der Waals surface area contributed by atoms with Gasteiger partial charge in [0, 0.05) is 0 Å². The Hall–Kier alpha value is -5.99. The number of nitrogens with zero attached hydrogens (tertiary/aromatic N) is 6. The van der Waals surface area contributed by atoms with Gasteiger partial charge in [-0.25, -0.2) is 8.42 Å². The lowest BCUT2D eigenvalue weighted by Crippen LogP contribution is -2.29. The number of hydrogen-bond donors (Lipinski definition) is 1. The van der Waals surface area contributed by atoms with Crippen molar-refractivity contribution in [3.05, 3.63) is 121 Å². The van der Waals surface area contributed by atoms with Crippen LogP contribution in [-0.2, 0) is 35.1 Å². The van der Waals surface area contributed by atoms with Gasteiger partial charge in [0.1, 0.15) is 26.5 Å². The summed E-state index contributed by atoms with van der Waals surface area (Å²) >= 11 is 0. The molecule has 0 saturated heterocycles. The number of aryl methyl sites for hydroxylation is 1. The van der Waals surface area contributed by atoms with Gasteiger partial charge in [0.25, 0.3) is 16.0 Å². The molecule has 0 radical (unpaired) electrons. The van der Waals surface area contributed by atoms with E-state index in [9.17, 15) is 39.2 Å². The molecule has 0 saturated carbocycles. The molecule has 276 valence electrons. The van der Waals surface area contributed by atoms with E-state index in [4.69, 9.17) is 4.18 Å². The van der Waals surface area contributed by atoms with E-state index in [0.717, 1.165) is 28.8 Å². The second-order valence-corrected chi connectivity index (χ2v) is 16.0. The van der Waals surface area contributed by atoms with Gasteiger partial charge < -0.3 is 8.74 Å². The number of hydrogen-bond acceptors (Lipinski definition) is 14. The van der Waals surface area contributed by atoms with E-state index < -0.39 is 47.2 Å². The van der Waals surface area contributed by atoms with Crippen molar-refractivity contribution in [1.29, 1.82) is 0 Å². The number of benzene rings is 5. The minimum atomic E-state index is -5.00. The molecule has 1 N–H and O–H groups in total. The van der Waals surface area contributed by atoms with Crippen molar-refractivity contribution in [2.45, 2.75) is 34.6 Å². The lowest BCUT2D eigenvalue weighted by molar-refractivity contribution is -0.117. The predicted molar refractivity (Wildman–Crippen MR) is 195 cm³/mol. The average Bonchev–Trinajstić information content (AvgIpc) is 3.42. The summed E-state index contributed by atoms with van der Waals surface area (Å²) in [6, 6.07) is 25.9. The third kappa shape index (κ3) is 8.62. The first kappa shape index (κ1) is 37.8. The summed E-state index contributed by atoms with van der Waals surface area (Å²) in [5.41, 5.74) is 2.72. The van der Waals surface area contributed by atoms with Crippen LogP contribution in [0.5, 0.6) is 5.75 Å². The third-order valence-corrected chi connectivity index (χ3v) is 10.8. The Morgan fingerprint density at radius 3 is 1.89 bits per heavy atom. The van der Waals surface area contributed by atoms with Crippen LogP contribution in [0.4, 0.5) is 22.7 Å². The zero-order chi connectivity index (χ0) is 38.8. The minimum absolute atomic E-state index is 0.0149. The van der Waals surface area contributed by atoms with Crippen LogP contribution in [0.2, 0.25) is 0 Å². The van der Waals surface area contributed by atoms with Gasteiger partial charge in [0.15, 0.2) is 6.04 Å². The second kappa shape index (κ2) is 14.8. The molecule has 6 rings (SSSR count). The Balaban J connectivity index is 1.13. The van der Waals surface area contributed by atoms with E-state index in [2.05, 4.69) is 25.6 Å². The number of rotatable bonds is 11. The van der Waals surface area contributed by atoms with Gasteiger partial charge in [-0.3, -0.25) is 9.35 Å². The Labute approximate surface area is 309 Å². The third-order valence-electron chi connectivity index (χ3n) is 7.82. The summed E-state index contributed by atoms with van der Waals surface area (Å²) in [6.45, 7) is 3.40. The first-order valence-electron chi connectivity index (χ1n) is 15.6. The molecule has 54 heavy (non-hydrogen) atoms. The number of hydrazone groups is 1. The topological polar surface area (TPSA) is 237 Å². The Morgan fingerprint density at radius 1 is 0.704 bits per heavy atom. The fourth-order valence-electron chi connectivity index (χ4n) is 5.01. The number of carbonyl (C=O) groups is 1. The summed E-state index contributed by atoms with van der Waals surface area (Å²) in [6.07, 6.45) is 0. The summed E-state index contributed by atoms with van der Waals surface area (Å²) in [4.78, 5) is 12.0. The molecule has 1 aliphatic rings. The fraction of sp³-hybridized carbons (Fsp3) is 0.0857. The molecule has 0 spiro atoms. The van der Waals surface area contributed by atoms with Crippen LogP contribution in [-0.4, -0.2) is 52.0 Å². The highest BCUT2D eigenvalue weighted by Gasteiger charge is 2.35. The van der Waals surface area contributed by atoms with Crippen molar-refractivity contribution >= 4 is 64.7 Å². The summed E-state index contributed by atoms with van der Waals surface area (Å²) in [5, 5.41) is 21.4. The highest BCUT2D eigenvalue weighted by atomic mass is 32.2. The average molecular weight is 788 g/mol. The van der Waals surface area contributed by atoms with Crippen molar-refractivity contribution in [1.82, 2.24) is 0 Å². The number of azo groups is 2. The van der Waals surface area contributed by atoms with Gasteiger partial charge in [0.2, 0.25) is 0 Å². The largest absolute Gasteiger partial charge is 0.744 e. The van der Waals surface area contributed by atoms with Gasteiger partial charge in [-0.1, -0.05) is 35.9 Å². The first-order chi connectivity index (χ1) is 25.5. The predicted octanol–water partition coefficient (Wildman–Crippen LogP) is 6.87. The number of carbonyl (C=O) groups excluding carboxylic acids is 1. The van der Waals surface area contributed by atoms with Crippen molar-refractivity contribution in [2.75, 3.05) is 5.01 Å². The van der Waals surface area contributed by atoms with E-state index >= 15 is 0 Å². The van der Waals surface area contributed by atoms with Gasteiger partial charge in [-0.15, -0.1) is 5.11 Å². The molecular formula is C35H27N6O10S3-. The van der Waals surface area contributed by atoms with Crippen LogP contribution in [0, 0.1) is 6.92 Å². The van der Waals surface area contributed by atoms with Crippen LogP contribution >= 0.6 is 0 Å². The number of anilines is 1. The molecule has 1 unspecified atom stereocenters. The minimum Gasteiger partial charge on any atom is -0.744 e. The van der Waals surface area contributed by atoms with E-state index in [1.807, 2.05) is 6.92 Å². The van der Waals surface area contributed by atoms with Crippen LogP contribution < -0.4 is 9.19 Å². The molecule has 1 atom stereocenters. The monoisotopic (exact) mass is 787 g/mol. The molecule has 1 aliphatic heterocycles. The SMILES string of the molecule is CC1=NN(c2ccc(S(=O)(=O)O)cc2)C(=O)C1N=Nc1ccc(-c2ccc(N=Nc3ccc(OS(=O)(=O)c4ccc(C)cc4)cc3)c(S(=O)(=O)[O-])c2)cc1. The van der Waals surface area contributed by atoms with Gasteiger partial charge >= 0.3 is 10.1 Å². The van der Waals surface area contributed by atoms with Gasteiger partial charge in [0.05, 0.1) is 32.6 Å². The van der Waals surface area contributed by atoms with Crippen molar-refractivity contribution < 1.29 is 43.3 Å². The molecule has 0 aliphatic carbocycles. The Kier molecular flexibility index (Phi) is 10.3. The zero-order valence-corrected chi connectivity index (χ0v) is 30.5. The van der Waals surface area contributed by atoms with E-state index in [1.165, 1.54) is 54.6 Å². The molecule has 1 amide bonds. The molecule has 0 bridgehead atoms. The van der Waals surface area contributed by atoms with Crippen molar-refractivity contribution in [3.8, 4) is 16.9 Å². The summed E-state index contributed by atoms with van der Waals surface area (Å²) < 4.78 is 98.8. The molecule has 5 aromatic rings. The molecule has 0 aromatic heterocycles. The van der Waals surface area contributed by atoms with E-state index in [0.29, 0.717) is 22.5 Å². The quantitative estimate of drug-likeness (QED) is 0.0828. The van der Waals surface area contributed by atoms with Crippen molar-refractivity contribution in [3.63, 3.8) is 0 Å². The second-order valence-electron chi connectivity index (χ2n) is 11.7. The lowest BCUT2D eigenvalue weighted by atomic mass is 10.1. The molecule has 0 fully saturated rings. The standard InChI is InChI=1S/C35H28N6O10S3/c1-22-3-16-31(17-4-22)54(49,50)51-29-14-10-27(11-15-29)36-38-32-20-7-25(21-33(32)53(46,47)48)24-5-8-26(9-6-24)37-39-34-23(2)40-41(35(34)42)28-12-18-30(19-13-28)52(43,44)45/h3-21,34H,1-2H3,(H,43,44,45)(H,46,47,48)/p-1.